The molecule has 19 heavy (non-hydrogen) atoms. The van der Waals surface area contributed by atoms with Gasteiger partial charge in [-0.2, -0.15) is 0 Å². The SMILES string of the molecule is O=C(O)c1cc(Cl)ccc1NCCc1ccccc1. The maximum Gasteiger partial charge on any atom is 0.337 e. The zero-order valence-corrected chi connectivity index (χ0v) is 11.0. The van der Waals surface area contributed by atoms with Gasteiger partial charge in [-0.15, -0.1) is 0 Å². The second kappa shape index (κ2) is 6.25. The number of carbonyl (C=O) groups is 1. The number of hydrogen-bond donors (Lipinski definition) is 2. The van der Waals surface area contributed by atoms with E-state index in [2.05, 4.69) is 5.32 Å². The molecule has 0 amide bonds. The molecule has 2 aromatic carbocycles. The van der Waals surface area contributed by atoms with E-state index >= 15 is 0 Å². The Morgan fingerprint density at radius 3 is 2.58 bits per heavy atom. The third-order valence-electron chi connectivity index (χ3n) is 2.78. The first-order valence-electron chi connectivity index (χ1n) is 5.97. The standard InChI is InChI=1S/C15H14ClNO2/c16-12-6-7-14(13(10-12)15(18)19)17-9-8-11-4-2-1-3-5-11/h1-7,10,17H,8-9H2,(H,18,19). The highest BCUT2D eigenvalue weighted by Gasteiger charge is 2.10. The summed E-state index contributed by atoms with van der Waals surface area (Å²) in [5, 5.41) is 12.7. The molecule has 0 atom stereocenters. The fraction of sp³-hybridized carbons (Fsp3) is 0.133. The summed E-state index contributed by atoms with van der Waals surface area (Å²) >= 11 is 5.80. The molecule has 2 rings (SSSR count). The Kier molecular flexibility index (Phi) is 4.42. The lowest BCUT2D eigenvalue weighted by Crippen LogP contribution is -2.09. The summed E-state index contributed by atoms with van der Waals surface area (Å²) < 4.78 is 0. The van der Waals surface area contributed by atoms with Crippen molar-refractivity contribution in [2.45, 2.75) is 6.42 Å². The lowest BCUT2D eigenvalue weighted by atomic mass is 10.1. The van der Waals surface area contributed by atoms with E-state index in [1.807, 2.05) is 30.3 Å². The zero-order chi connectivity index (χ0) is 13.7. The van der Waals surface area contributed by atoms with Crippen molar-refractivity contribution in [1.29, 1.82) is 0 Å². The fourth-order valence-corrected chi connectivity index (χ4v) is 2.01. The number of halogens is 1. The largest absolute Gasteiger partial charge is 0.478 e. The highest BCUT2D eigenvalue weighted by Crippen LogP contribution is 2.20. The van der Waals surface area contributed by atoms with Crippen molar-refractivity contribution in [2.24, 2.45) is 0 Å². The van der Waals surface area contributed by atoms with Gasteiger partial charge >= 0.3 is 5.97 Å². The van der Waals surface area contributed by atoms with Crippen LogP contribution in [0.1, 0.15) is 15.9 Å². The summed E-state index contributed by atoms with van der Waals surface area (Å²) in [6, 6.07) is 14.9. The Morgan fingerprint density at radius 1 is 1.16 bits per heavy atom. The van der Waals surface area contributed by atoms with Gasteiger partial charge in [-0.05, 0) is 30.2 Å². The second-order valence-electron chi connectivity index (χ2n) is 4.16. The van der Waals surface area contributed by atoms with Crippen molar-refractivity contribution in [2.75, 3.05) is 11.9 Å². The van der Waals surface area contributed by atoms with Gasteiger partial charge in [0.15, 0.2) is 0 Å². The molecule has 0 aromatic heterocycles. The number of rotatable bonds is 5. The Morgan fingerprint density at radius 2 is 1.89 bits per heavy atom. The van der Waals surface area contributed by atoms with Gasteiger partial charge in [0.25, 0.3) is 0 Å². The van der Waals surface area contributed by atoms with E-state index in [9.17, 15) is 4.79 Å². The third kappa shape index (κ3) is 3.73. The average molecular weight is 276 g/mol. The van der Waals surface area contributed by atoms with Gasteiger partial charge in [-0.25, -0.2) is 4.79 Å². The minimum atomic E-state index is -0.982. The molecule has 0 radical (unpaired) electrons. The molecule has 2 aromatic rings. The van der Waals surface area contributed by atoms with Crippen LogP contribution in [0.4, 0.5) is 5.69 Å². The summed E-state index contributed by atoms with van der Waals surface area (Å²) in [5.41, 5.74) is 1.99. The van der Waals surface area contributed by atoms with Crippen LogP contribution < -0.4 is 5.32 Å². The van der Waals surface area contributed by atoms with E-state index < -0.39 is 5.97 Å². The van der Waals surface area contributed by atoms with Gasteiger partial charge in [-0.1, -0.05) is 41.9 Å². The Hall–Kier alpha value is -2.00. The smallest absolute Gasteiger partial charge is 0.337 e. The van der Waals surface area contributed by atoms with Crippen LogP contribution in [0.15, 0.2) is 48.5 Å². The van der Waals surface area contributed by atoms with Crippen molar-refractivity contribution in [3.8, 4) is 0 Å². The van der Waals surface area contributed by atoms with Gasteiger partial charge in [0, 0.05) is 17.3 Å². The molecule has 4 heteroatoms. The van der Waals surface area contributed by atoms with Crippen LogP contribution in [0.5, 0.6) is 0 Å². The lowest BCUT2D eigenvalue weighted by molar-refractivity contribution is 0.0698. The Bertz CT molecular complexity index is 570. The van der Waals surface area contributed by atoms with Gasteiger partial charge in [0.1, 0.15) is 0 Å². The molecular weight excluding hydrogens is 262 g/mol. The van der Waals surface area contributed by atoms with E-state index in [0.29, 0.717) is 17.3 Å². The number of anilines is 1. The summed E-state index contributed by atoms with van der Waals surface area (Å²) in [6.45, 7) is 0.673. The number of carboxylic acids is 1. The predicted molar refractivity (Wildman–Crippen MR) is 77.0 cm³/mol. The third-order valence-corrected chi connectivity index (χ3v) is 3.02. The van der Waals surface area contributed by atoms with Crippen LogP contribution in [-0.2, 0) is 6.42 Å². The molecule has 98 valence electrons. The molecule has 0 aliphatic carbocycles. The predicted octanol–water partition coefficient (Wildman–Crippen LogP) is 3.69. The van der Waals surface area contributed by atoms with Gasteiger partial charge in [0.05, 0.1) is 5.56 Å². The van der Waals surface area contributed by atoms with Crippen LogP contribution in [0, 0.1) is 0 Å². The zero-order valence-electron chi connectivity index (χ0n) is 10.3. The normalized spacial score (nSPS) is 10.2. The first-order chi connectivity index (χ1) is 9.16. The van der Waals surface area contributed by atoms with Crippen molar-refractivity contribution in [3.05, 3.63) is 64.7 Å². The molecule has 0 heterocycles. The van der Waals surface area contributed by atoms with Crippen LogP contribution in [0.3, 0.4) is 0 Å². The first kappa shape index (κ1) is 13.4. The highest BCUT2D eigenvalue weighted by atomic mass is 35.5. The molecule has 3 nitrogen and oxygen atoms in total. The van der Waals surface area contributed by atoms with Crippen molar-refractivity contribution >= 4 is 23.3 Å². The maximum absolute atomic E-state index is 11.1. The first-order valence-corrected chi connectivity index (χ1v) is 6.35. The van der Waals surface area contributed by atoms with Gasteiger partial charge < -0.3 is 10.4 Å². The van der Waals surface area contributed by atoms with Crippen LogP contribution in [0.25, 0.3) is 0 Å². The Labute approximate surface area is 116 Å². The monoisotopic (exact) mass is 275 g/mol. The van der Waals surface area contributed by atoms with Gasteiger partial charge in [0.2, 0.25) is 0 Å². The number of benzene rings is 2. The summed E-state index contributed by atoms with van der Waals surface area (Å²) in [5.74, 6) is -0.982. The summed E-state index contributed by atoms with van der Waals surface area (Å²) in [7, 11) is 0. The summed E-state index contributed by atoms with van der Waals surface area (Å²) in [6.07, 6.45) is 0.836. The molecular formula is C15H14ClNO2. The Balaban J connectivity index is 2.02. The van der Waals surface area contributed by atoms with E-state index in [0.717, 1.165) is 6.42 Å². The van der Waals surface area contributed by atoms with E-state index in [4.69, 9.17) is 16.7 Å². The highest BCUT2D eigenvalue weighted by molar-refractivity contribution is 6.31. The minimum absolute atomic E-state index is 0.195. The molecule has 0 unspecified atom stereocenters. The van der Waals surface area contributed by atoms with Crippen LogP contribution >= 0.6 is 11.6 Å². The average Bonchev–Trinajstić information content (AvgIpc) is 2.41. The van der Waals surface area contributed by atoms with Crippen LogP contribution in [-0.4, -0.2) is 17.6 Å². The number of nitrogens with one attached hydrogen (secondary N) is 1. The quantitative estimate of drug-likeness (QED) is 0.875. The van der Waals surface area contributed by atoms with E-state index in [1.165, 1.54) is 11.6 Å². The molecule has 0 saturated heterocycles. The molecule has 0 bridgehead atoms. The molecule has 0 spiro atoms. The van der Waals surface area contributed by atoms with Gasteiger partial charge in [-0.3, -0.25) is 0 Å². The minimum Gasteiger partial charge on any atom is -0.478 e. The number of carboxylic acid groups (broad SMARTS) is 1. The molecule has 2 N–H and O–H groups in total. The topological polar surface area (TPSA) is 49.3 Å². The number of hydrogen-bond acceptors (Lipinski definition) is 2. The lowest BCUT2D eigenvalue weighted by Gasteiger charge is -2.10. The molecule has 0 aliphatic rings. The second-order valence-corrected chi connectivity index (χ2v) is 4.59. The van der Waals surface area contributed by atoms with Crippen molar-refractivity contribution in [1.82, 2.24) is 0 Å². The maximum atomic E-state index is 11.1. The molecule has 0 saturated carbocycles. The fourth-order valence-electron chi connectivity index (χ4n) is 1.83. The van der Waals surface area contributed by atoms with E-state index in [-0.39, 0.29) is 5.56 Å². The van der Waals surface area contributed by atoms with E-state index in [1.54, 1.807) is 12.1 Å². The van der Waals surface area contributed by atoms with Crippen molar-refractivity contribution < 1.29 is 9.90 Å². The number of aromatic carboxylic acids is 1. The summed E-state index contributed by atoms with van der Waals surface area (Å²) in [4.78, 5) is 11.1. The van der Waals surface area contributed by atoms with Crippen molar-refractivity contribution in [3.63, 3.8) is 0 Å². The molecule has 0 fully saturated rings. The van der Waals surface area contributed by atoms with Crippen LogP contribution in [0.2, 0.25) is 5.02 Å². The molecule has 0 aliphatic heterocycles.